The first-order chi connectivity index (χ1) is 14.9. The lowest BCUT2D eigenvalue weighted by Gasteiger charge is -2.34. The molecule has 3 aromatic carbocycles. The van der Waals surface area contributed by atoms with E-state index in [0.717, 1.165) is 16.8 Å². The number of hydrogen-bond acceptors (Lipinski definition) is 3. The van der Waals surface area contributed by atoms with Gasteiger partial charge in [0.25, 0.3) is 11.8 Å². The molecule has 0 fully saturated rings. The standard InChI is InChI=1S/C26H24N2O3/c1-26(2)21-9-4-5-10-23(21)28-25(30)22(26)16-17-7-6-8-19(15-17)27-24(29)18-11-13-20(31-3)14-12-18/h4-16H,1-3H3,(H,27,29)(H,28,30)/b22-16+. The first-order valence-electron chi connectivity index (χ1n) is 10.1. The highest BCUT2D eigenvalue weighted by molar-refractivity contribution is 6.11. The molecule has 31 heavy (non-hydrogen) atoms. The number of carbonyl (C=O) groups excluding carboxylic acids is 2. The van der Waals surface area contributed by atoms with E-state index in [1.54, 1.807) is 31.4 Å². The van der Waals surface area contributed by atoms with Crippen LogP contribution in [-0.2, 0) is 10.2 Å². The third-order valence-corrected chi connectivity index (χ3v) is 5.57. The van der Waals surface area contributed by atoms with Crippen LogP contribution < -0.4 is 15.4 Å². The summed E-state index contributed by atoms with van der Waals surface area (Å²) in [7, 11) is 1.58. The average molecular weight is 412 g/mol. The van der Waals surface area contributed by atoms with Gasteiger partial charge in [-0.3, -0.25) is 9.59 Å². The number of rotatable bonds is 4. The summed E-state index contributed by atoms with van der Waals surface area (Å²) in [6.07, 6.45) is 1.88. The highest BCUT2D eigenvalue weighted by Crippen LogP contribution is 2.41. The Kier molecular flexibility index (Phi) is 5.34. The molecule has 1 aliphatic heterocycles. The molecule has 0 saturated heterocycles. The van der Waals surface area contributed by atoms with Gasteiger partial charge in [0.15, 0.2) is 0 Å². The molecule has 1 aliphatic rings. The van der Waals surface area contributed by atoms with Crippen LogP contribution in [0.15, 0.2) is 78.4 Å². The van der Waals surface area contributed by atoms with Crippen molar-refractivity contribution in [2.45, 2.75) is 19.3 Å². The van der Waals surface area contributed by atoms with Crippen LogP contribution in [0.25, 0.3) is 6.08 Å². The SMILES string of the molecule is COc1ccc(C(=O)Nc2cccc(/C=C3\C(=O)Nc4ccccc4C3(C)C)c2)cc1. The van der Waals surface area contributed by atoms with Gasteiger partial charge in [-0.1, -0.05) is 44.2 Å². The van der Waals surface area contributed by atoms with Crippen LogP contribution in [0.3, 0.4) is 0 Å². The lowest BCUT2D eigenvalue weighted by Crippen LogP contribution is -2.35. The minimum atomic E-state index is -0.443. The Hall–Kier alpha value is -3.86. The van der Waals surface area contributed by atoms with Crippen molar-refractivity contribution >= 4 is 29.3 Å². The number of carbonyl (C=O) groups is 2. The maximum absolute atomic E-state index is 12.8. The van der Waals surface area contributed by atoms with Crippen molar-refractivity contribution in [3.05, 3.63) is 95.1 Å². The highest BCUT2D eigenvalue weighted by atomic mass is 16.5. The number of anilines is 2. The van der Waals surface area contributed by atoms with Crippen LogP contribution in [-0.4, -0.2) is 18.9 Å². The largest absolute Gasteiger partial charge is 0.497 e. The molecule has 4 rings (SSSR count). The van der Waals surface area contributed by atoms with Gasteiger partial charge in [0.1, 0.15) is 5.75 Å². The zero-order valence-electron chi connectivity index (χ0n) is 17.7. The Morgan fingerprint density at radius 3 is 2.48 bits per heavy atom. The van der Waals surface area contributed by atoms with Crippen LogP contribution in [0.2, 0.25) is 0 Å². The first-order valence-corrected chi connectivity index (χ1v) is 10.1. The molecule has 0 aromatic heterocycles. The van der Waals surface area contributed by atoms with Gasteiger partial charge in [0.2, 0.25) is 0 Å². The van der Waals surface area contributed by atoms with Gasteiger partial charge < -0.3 is 15.4 Å². The van der Waals surface area contributed by atoms with E-state index in [4.69, 9.17) is 4.74 Å². The van der Waals surface area contributed by atoms with Gasteiger partial charge in [0, 0.05) is 27.9 Å². The van der Waals surface area contributed by atoms with Gasteiger partial charge in [-0.2, -0.15) is 0 Å². The summed E-state index contributed by atoms with van der Waals surface area (Å²) < 4.78 is 5.13. The van der Waals surface area contributed by atoms with Crippen LogP contribution in [0.5, 0.6) is 5.75 Å². The highest BCUT2D eigenvalue weighted by Gasteiger charge is 2.36. The quantitative estimate of drug-likeness (QED) is 0.575. The van der Waals surface area contributed by atoms with E-state index in [1.807, 2.05) is 68.5 Å². The van der Waals surface area contributed by atoms with Crippen LogP contribution in [0.4, 0.5) is 11.4 Å². The van der Waals surface area contributed by atoms with Crippen molar-refractivity contribution in [2.75, 3.05) is 17.7 Å². The van der Waals surface area contributed by atoms with E-state index < -0.39 is 5.41 Å². The molecule has 0 aliphatic carbocycles. The molecule has 3 aromatic rings. The molecule has 1 heterocycles. The van der Waals surface area contributed by atoms with Crippen molar-refractivity contribution in [2.24, 2.45) is 0 Å². The van der Waals surface area contributed by atoms with Gasteiger partial charge >= 0.3 is 0 Å². The summed E-state index contributed by atoms with van der Waals surface area (Å²) in [4.78, 5) is 25.4. The number of ether oxygens (including phenoxy) is 1. The fourth-order valence-corrected chi connectivity index (χ4v) is 3.82. The molecule has 156 valence electrons. The van der Waals surface area contributed by atoms with Crippen LogP contribution >= 0.6 is 0 Å². The zero-order chi connectivity index (χ0) is 22.0. The minimum absolute atomic E-state index is 0.114. The fourth-order valence-electron chi connectivity index (χ4n) is 3.82. The third-order valence-electron chi connectivity index (χ3n) is 5.57. The molecular formula is C26H24N2O3. The van der Waals surface area contributed by atoms with Crippen molar-refractivity contribution in [1.82, 2.24) is 0 Å². The maximum atomic E-state index is 12.8. The Bertz CT molecular complexity index is 1180. The Balaban J connectivity index is 1.60. The van der Waals surface area contributed by atoms with Crippen molar-refractivity contribution in [1.29, 1.82) is 0 Å². The summed E-state index contributed by atoms with van der Waals surface area (Å²) in [6.45, 7) is 4.09. The summed E-state index contributed by atoms with van der Waals surface area (Å²) in [5, 5.41) is 5.89. The molecule has 0 saturated carbocycles. The summed E-state index contributed by atoms with van der Waals surface area (Å²) in [6, 6.07) is 22.2. The Labute approximate surface area is 181 Å². The second-order valence-electron chi connectivity index (χ2n) is 7.99. The minimum Gasteiger partial charge on any atom is -0.497 e. The molecule has 0 atom stereocenters. The molecule has 0 unspecified atom stereocenters. The van der Waals surface area contributed by atoms with E-state index in [2.05, 4.69) is 10.6 Å². The smallest absolute Gasteiger partial charge is 0.255 e. The number of fused-ring (bicyclic) bond motifs is 1. The second-order valence-corrected chi connectivity index (χ2v) is 7.99. The number of benzene rings is 3. The summed E-state index contributed by atoms with van der Waals surface area (Å²) >= 11 is 0. The predicted octanol–water partition coefficient (Wildman–Crippen LogP) is 5.26. The zero-order valence-corrected chi connectivity index (χ0v) is 17.7. The van der Waals surface area contributed by atoms with Gasteiger partial charge in [-0.05, 0) is 59.7 Å². The Morgan fingerprint density at radius 2 is 1.74 bits per heavy atom. The topological polar surface area (TPSA) is 67.4 Å². The number of nitrogens with one attached hydrogen (secondary N) is 2. The molecule has 5 heteroatoms. The third kappa shape index (κ3) is 4.08. The second kappa shape index (κ2) is 8.11. The van der Waals surface area contributed by atoms with Crippen LogP contribution in [0.1, 0.15) is 35.3 Å². The lowest BCUT2D eigenvalue weighted by molar-refractivity contribution is -0.113. The molecule has 0 radical (unpaired) electrons. The average Bonchev–Trinajstić information content (AvgIpc) is 2.77. The van der Waals surface area contributed by atoms with E-state index in [9.17, 15) is 9.59 Å². The van der Waals surface area contributed by atoms with Gasteiger partial charge in [0.05, 0.1) is 7.11 Å². The normalized spacial score (nSPS) is 15.7. The number of para-hydroxylation sites is 1. The monoisotopic (exact) mass is 412 g/mol. The fraction of sp³-hybridized carbons (Fsp3) is 0.154. The summed E-state index contributed by atoms with van der Waals surface area (Å²) in [5.74, 6) is 0.369. The molecule has 0 spiro atoms. The predicted molar refractivity (Wildman–Crippen MR) is 123 cm³/mol. The molecule has 5 nitrogen and oxygen atoms in total. The van der Waals surface area contributed by atoms with Crippen molar-refractivity contribution in [3.63, 3.8) is 0 Å². The van der Waals surface area contributed by atoms with Gasteiger partial charge in [-0.25, -0.2) is 0 Å². The molecule has 2 amide bonds. The van der Waals surface area contributed by atoms with E-state index in [0.29, 0.717) is 22.6 Å². The number of amides is 2. The number of hydrogen-bond donors (Lipinski definition) is 2. The van der Waals surface area contributed by atoms with Gasteiger partial charge in [-0.15, -0.1) is 0 Å². The van der Waals surface area contributed by atoms with E-state index >= 15 is 0 Å². The maximum Gasteiger partial charge on any atom is 0.255 e. The van der Waals surface area contributed by atoms with E-state index in [1.165, 1.54) is 0 Å². The van der Waals surface area contributed by atoms with Crippen LogP contribution in [0, 0.1) is 0 Å². The molecule has 2 N–H and O–H groups in total. The first kappa shape index (κ1) is 20.4. The van der Waals surface area contributed by atoms with Crippen molar-refractivity contribution < 1.29 is 14.3 Å². The number of methoxy groups -OCH3 is 1. The lowest BCUT2D eigenvalue weighted by atomic mass is 9.73. The summed E-state index contributed by atoms with van der Waals surface area (Å²) in [5.41, 5.74) is 4.18. The molecule has 0 bridgehead atoms. The van der Waals surface area contributed by atoms with E-state index in [-0.39, 0.29) is 11.8 Å². The Morgan fingerprint density at radius 1 is 1.00 bits per heavy atom. The van der Waals surface area contributed by atoms with Crippen molar-refractivity contribution in [3.8, 4) is 5.75 Å². The molecular weight excluding hydrogens is 388 g/mol.